The smallest absolute Gasteiger partial charge is 0.220 e. The number of hydrogen-bond donors (Lipinski definition) is 1. The van der Waals surface area contributed by atoms with Crippen molar-refractivity contribution in [2.75, 3.05) is 13.2 Å². The molecule has 0 fully saturated rings. The average Bonchev–Trinajstić information content (AvgIpc) is 2.59. The Morgan fingerprint density at radius 2 is 2.23 bits per heavy atom. The van der Waals surface area contributed by atoms with E-state index in [1.54, 1.807) is 18.6 Å². The van der Waals surface area contributed by atoms with Crippen molar-refractivity contribution in [2.45, 2.75) is 19.3 Å². The first kappa shape index (κ1) is 14.5. The second-order valence-corrected chi connectivity index (χ2v) is 5.49. The Balaban J connectivity index is 1.42. The molecular weight excluding hydrogens is 278 g/mol. The number of carbonyl (C=O) groups excluding carboxylic acids is 1. The van der Waals surface area contributed by atoms with Crippen molar-refractivity contribution < 1.29 is 9.53 Å². The van der Waals surface area contributed by atoms with Gasteiger partial charge in [-0.3, -0.25) is 14.8 Å². The molecule has 114 valence electrons. The highest BCUT2D eigenvalue weighted by molar-refractivity contribution is 5.76. The molecular formula is C17H19N3O2. The molecule has 1 aromatic heterocycles. The van der Waals surface area contributed by atoms with E-state index in [1.165, 1.54) is 5.56 Å². The Morgan fingerprint density at radius 1 is 1.32 bits per heavy atom. The fourth-order valence-electron chi connectivity index (χ4n) is 2.57. The monoisotopic (exact) mass is 297 g/mol. The van der Waals surface area contributed by atoms with Gasteiger partial charge in [0.2, 0.25) is 5.91 Å². The van der Waals surface area contributed by atoms with Gasteiger partial charge in [-0.15, -0.1) is 0 Å². The number of fused-ring (bicyclic) bond motifs is 1. The topological polar surface area (TPSA) is 64.1 Å². The van der Waals surface area contributed by atoms with Gasteiger partial charge in [-0.05, 0) is 24.5 Å². The number of rotatable bonds is 5. The first-order chi connectivity index (χ1) is 10.8. The van der Waals surface area contributed by atoms with Gasteiger partial charge < -0.3 is 10.1 Å². The average molecular weight is 297 g/mol. The van der Waals surface area contributed by atoms with Crippen LogP contribution in [0.1, 0.15) is 17.7 Å². The summed E-state index contributed by atoms with van der Waals surface area (Å²) in [5, 5.41) is 2.99. The van der Waals surface area contributed by atoms with E-state index in [0.29, 0.717) is 31.9 Å². The van der Waals surface area contributed by atoms with Crippen molar-refractivity contribution in [3.05, 3.63) is 54.1 Å². The van der Waals surface area contributed by atoms with Crippen LogP contribution in [0.2, 0.25) is 0 Å². The Bertz CT molecular complexity index is 631. The minimum absolute atomic E-state index is 0.0458. The SMILES string of the molecule is O=C(CCc1cnccn1)NC[C@H]1COc2ccccc2C1. The Hall–Kier alpha value is -2.43. The van der Waals surface area contributed by atoms with Crippen molar-refractivity contribution in [1.82, 2.24) is 15.3 Å². The number of nitrogens with zero attached hydrogens (tertiary/aromatic N) is 2. The molecule has 0 unspecified atom stereocenters. The van der Waals surface area contributed by atoms with Crippen LogP contribution in [0.5, 0.6) is 5.75 Å². The third kappa shape index (κ3) is 3.81. The van der Waals surface area contributed by atoms with Gasteiger partial charge in [-0.25, -0.2) is 0 Å². The third-order valence-electron chi connectivity index (χ3n) is 3.77. The molecule has 0 spiro atoms. The van der Waals surface area contributed by atoms with Crippen LogP contribution in [-0.2, 0) is 17.6 Å². The first-order valence-corrected chi connectivity index (χ1v) is 7.53. The number of amides is 1. The fourth-order valence-corrected chi connectivity index (χ4v) is 2.57. The van der Waals surface area contributed by atoms with Crippen molar-refractivity contribution in [2.24, 2.45) is 5.92 Å². The number of para-hydroxylation sites is 1. The van der Waals surface area contributed by atoms with Gasteiger partial charge >= 0.3 is 0 Å². The van der Waals surface area contributed by atoms with Crippen molar-refractivity contribution in [3.8, 4) is 5.75 Å². The molecule has 3 rings (SSSR count). The minimum Gasteiger partial charge on any atom is -0.493 e. The molecule has 0 saturated heterocycles. The molecule has 1 atom stereocenters. The number of aryl methyl sites for hydroxylation is 1. The molecule has 0 saturated carbocycles. The molecule has 2 aromatic rings. The molecule has 2 heterocycles. The minimum atomic E-state index is 0.0458. The van der Waals surface area contributed by atoms with Gasteiger partial charge in [-0.1, -0.05) is 18.2 Å². The number of carbonyl (C=O) groups is 1. The van der Waals surface area contributed by atoms with Gasteiger partial charge in [0.05, 0.1) is 12.3 Å². The van der Waals surface area contributed by atoms with Crippen LogP contribution in [0.15, 0.2) is 42.9 Å². The zero-order valence-electron chi connectivity index (χ0n) is 12.4. The van der Waals surface area contributed by atoms with E-state index in [2.05, 4.69) is 21.4 Å². The van der Waals surface area contributed by atoms with Crippen LogP contribution in [0, 0.1) is 5.92 Å². The van der Waals surface area contributed by atoms with E-state index >= 15 is 0 Å². The van der Waals surface area contributed by atoms with Gasteiger partial charge in [-0.2, -0.15) is 0 Å². The highest BCUT2D eigenvalue weighted by atomic mass is 16.5. The summed E-state index contributed by atoms with van der Waals surface area (Å²) in [6, 6.07) is 8.07. The molecule has 1 N–H and O–H groups in total. The van der Waals surface area contributed by atoms with Gasteiger partial charge in [0, 0.05) is 37.5 Å². The number of aromatic nitrogens is 2. The molecule has 22 heavy (non-hydrogen) atoms. The molecule has 1 aliphatic rings. The second kappa shape index (κ2) is 7.02. The summed E-state index contributed by atoms with van der Waals surface area (Å²) in [5.74, 6) is 1.34. The van der Waals surface area contributed by atoms with E-state index in [1.807, 2.05) is 18.2 Å². The van der Waals surface area contributed by atoms with E-state index in [-0.39, 0.29) is 5.91 Å². The lowest BCUT2D eigenvalue weighted by Crippen LogP contribution is -2.34. The summed E-state index contributed by atoms with van der Waals surface area (Å²) in [7, 11) is 0. The van der Waals surface area contributed by atoms with Crippen LogP contribution in [0.4, 0.5) is 0 Å². The van der Waals surface area contributed by atoms with Crippen LogP contribution in [-0.4, -0.2) is 29.0 Å². The van der Waals surface area contributed by atoms with Crippen molar-refractivity contribution in [1.29, 1.82) is 0 Å². The van der Waals surface area contributed by atoms with Crippen LogP contribution >= 0.6 is 0 Å². The quantitative estimate of drug-likeness (QED) is 0.913. The number of hydrogen-bond acceptors (Lipinski definition) is 4. The van der Waals surface area contributed by atoms with E-state index in [9.17, 15) is 4.79 Å². The summed E-state index contributed by atoms with van der Waals surface area (Å²) in [6.45, 7) is 1.30. The maximum atomic E-state index is 11.9. The molecule has 5 nitrogen and oxygen atoms in total. The predicted octanol–water partition coefficient (Wildman–Crippen LogP) is 1.78. The summed E-state index contributed by atoms with van der Waals surface area (Å²) in [6.07, 6.45) is 6.96. The predicted molar refractivity (Wildman–Crippen MR) is 82.5 cm³/mol. The molecule has 0 aliphatic carbocycles. The maximum Gasteiger partial charge on any atom is 0.220 e. The highest BCUT2D eigenvalue weighted by Gasteiger charge is 2.19. The van der Waals surface area contributed by atoms with Crippen LogP contribution < -0.4 is 10.1 Å². The Labute approximate surface area is 129 Å². The van der Waals surface area contributed by atoms with Crippen LogP contribution in [0.3, 0.4) is 0 Å². The summed E-state index contributed by atoms with van der Waals surface area (Å²) in [5.41, 5.74) is 2.06. The van der Waals surface area contributed by atoms with Crippen LogP contribution in [0.25, 0.3) is 0 Å². The maximum absolute atomic E-state index is 11.9. The van der Waals surface area contributed by atoms with E-state index in [0.717, 1.165) is 17.9 Å². The molecule has 0 bridgehead atoms. The molecule has 1 aromatic carbocycles. The fraction of sp³-hybridized carbons (Fsp3) is 0.353. The Morgan fingerprint density at radius 3 is 3.09 bits per heavy atom. The standard InChI is InChI=1S/C17H19N3O2/c21-17(6-5-15-11-18-7-8-19-15)20-10-13-9-14-3-1-2-4-16(14)22-12-13/h1-4,7-8,11,13H,5-6,9-10,12H2,(H,20,21)/t13-/m0/s1. The molecule has 5 heteroatoms. The zero-order chi connectivity index (χ0) is 15.2. The zero-order valence-corrected chi connectivity index (χ0v) is 12.4. The molecule has 1 aliphatic heterocycles. The largest absolute Gasteiger partial charge is 0.493 e. The number of benzene rings is 1. The summed E-state index contributed by atoms with van der Waals surface area (Å²) < 4.78 is 5.73. The van der Waals surface area contributed by atoms with Crippen molar-refractivity contribution >= 4 is 5.91 Å². The summed E-state index contributed by atoms with van der Waals surface area (Å²) >= 11 is 0. The highest BCUT2D eigenvalue weighted by Crippen LogP contribution is 2.26. The Kier molecular flexibility index (Phi) is 4.63. The number of nitrogens with one attached hydrogen (secondary N) is 1. The van der Waals surface area contributed by atoms with Gasteiger partial charge in [0.1, 0.15) is 5.75 Å². The lowest BCUT2D eigenvalue weighted by Gasteiger charge is -2.25. The van der Waals surface area contributed by atoms with E-state index in [4.69, 9.17) is 4.74 Å². The lowest BCUT2D eigenvalue weighted by atomic mass is 9.97. The lowest BCUT2D eigenvalue weighted by molar-refractivity contribution is -0.121. The number of ether oxygens (including phenoxy) is 1. The van der Waals surface area contributed by atoms with Gasteiger partial charge in [0.25, 0.3) is 0 Å². The molecule has 0 radical (unpaired) electrons. The van der Waals surface area contributed by atoms with E-state index < -0.39 is 0 Å². The third-order valence-corrected chi connectivity index (χ3v) is 3.77. The van der Waals surface area contributed by atoms with Crippen molar-refractivity contribution in [3.63, 3.8) is 0 Å². The second-order valence-electron chi connectivity index (χ2n) is 5.49. The molecule has 1 amide bonds. The summed E-state index contributed by atoms with van der Waals surface area (Å²) in [4.78, 5) is 20.1. The van der Waals surface area contributed by atoms with Gasteiger partial charge in [0.15, 0.2) is 0 Å². The normalized spacial score (nSPS) is 16.5. The first-order valence-electron chi connectivity index (χ1n) is 7.53.